The molecule has 5 N–H and O–H groups in total. The van der Waals surface area contributed by atoms with Crippen molar-refractivity contribution in [2.45, 2.75) is 39.5 Å². The Morgan fingerprint density at radius 2 is 1.72 bits per heavy atom. The van der Waals surface area contributed by atoms with E-state index >= 15 is 0 Å². The Balaban J connectivity index is 2.76. The zero-order chi connectivity index (χ0) is 24.0. The number of benzene rings is 1. The number of carbonyl (C=O) groups is 3. The number of unbranched alkanes of at least 4 members (excludes halogenated alkanes) is 1. The second-order valence-corrected chi connectivity index (χ2v) is 7.50. The smallest absolute Gasteiger partial charge is 0.322 e. The number of carboxylic acid groups (broad SMARTS) is 1. The Labute approximate surface area is 184 Å². The third-order valence-electron chi connectivity index (χ3n) is 4.79. The molecule has 32 heavy (non-hydrogen) atoms. The summed E-state index contributed by atoms with van der Waals surface area (Å²) >= 11 is 0. The molecule has 10 nitrogen and oxygen atoms in total. The molecule has 0 aliphatic carbocycles. The minimum atomic E-state index is -1.36. The number of pyridine rings is 1. The lowest BCUT2D eigenvalue weighted by Crippen LogP contribution is -2.37. The molecular formula is C22H27N3O7. The summed E-state index contributed by atoms with van der Waals surface area (Å²) in [6.45, 7) is 5.20. The van der Waals surface area contributed by atoms with Gasteiger partial charge in [-0.2, -0.15) is 0 Å². The van der Waals surface area contributed by atoms with Gasteiger partial charge in [-0.05, 0) is 30.0 Å². The van der Waals surface area contributed by atoms with Gasteiger partial charge in [0.15, 0.2) is 5.75 Å². The van der Waals surface area contributed by atoms with Crippen LogP contribution >= 0.6 is 0 Å². The van der Waals surface area contributed by atoms with Crippen LogP contribution in [0.15, 0.2) is 29.1 Å². The molecule has 0 saturated carbocycles. The van der Waals surface area contributed by atoms with Gasteiger partial charge in [0.1, 0.15) is 17.7 Å². The van der Waals surface area contributed by atoms with Crippen molar-refractivity contribution in [1.82, 2.24) is 15.2 Å². The number of carbonyl (C=O) groups excluding carboxylic acids is 2. The molecule has 0 spiro atoms. The van der Waals surface area contributed by atoms with E-state index in [0.29, 0.717) is 6.42 Å². The first-order valence-electron chi connectivity index (χ1n) is 10.2. The van der Waals surface area contributed by atoms with Crippen LogP contribution < -0.4 is 16.2 Å². The van der Waals surface area contributed by atoms with Crippen LogP contribution in [0.5, 0.6) is 11.6 Å². The number of nitrogens with zero attached hydrogens (tertiary/aromatic N) is 1. The summed E-state index contributed by atoms with van der Waals surface area (Å²) in [7, 11) is 0. The normalized spacial score (nSPS) is 10.8. The average Bonchev–Trinajstić information content (AvgIpc) is 2.72. The standard InChI is InChI=1S/C22H27N3O7/c1-4-5-9-23-19(29)16-18(28)17(20(30)24-11-15(26)27)22(32)25(21(16)31)14-8-6-7-13(10-14)12(2)3/h6-8,10,12,28,31H,4-5,9,11H2,1-3H3,(H,23,29)(H,24,30)(H,26,27). The summed E-state index contributed by atoms with van der Waals surface area (Å²) in [5.41, 5.74) is -1.61. The van der Waals surface area contributed by atoms with Gasteiger partial charge in [-0.15, -0.1) is 0 Å². The van der Waals surface area contributed by atoms with Crippen molar-refractivity contribution in [2.75, 3.05) is 13.1 Å². The van der Waals surface area contributed by atoms with Gasteiger partial charge in [-0.25, -0.2) is 4.57 Å². The number of carboxylic acids is 1. The van der Waals surface area contributed by atoms with E-state index in [1.807, 2.05) is 32.2 Å². The molecule has 10 heteroatoms. The molecule has 0 unspecified atom stereocenters. The zero-order valence-corrected chi connectivity index (χ0v) is 18.1. The van der Waals surface area contributed by atoms with Gasteiger partial charge in [-0.3, -0.25) is 19.2 Å². The van der Waals surface area contributed by atoms with E-state index in [9.17, 15) is 29.4 Å². The Kier molecular flexibility index (Phi) is 8.00. The second kappa shape index (κ2) is 10.5. The number of aromatic nitrogens is 1. The highest BCUT2D eigenvalue weighted by molar-refractivity contribution is 6.05. The van der Waals surface area contributed by atoms with E-state index in [2.05, 4.69) is 5.32 Å². The molecule has 0 fully saturated rings. The summed E-state index contributed by atoms with van der Waals surface area (Å²) in [5.74, 6) is -5.21. The highest BCUT2D eigenvalue weighted by Crippen LogP contribution is 2.31. The Morgan fingerprint density at radius 3 is 2.31 bits per heavy atom. The molecule has 2 amide bonds. The third-order valence-corrected chi connectivity index (χ3v) is 4.79. The number of amides is 2. The van der Waals surface area contributed by atoms with Gasteiger partial charge in [-0.1, -0.05) is 39.3 Å². The fourth-order valence-electron chi connectivity index (χ4n) is 3.04. The fourth-order valence-corrected chi connectivity index (χ4v) is 3.04. The highest BCUT2D eigenvalue weighted by Gasteiger charge is 2.30. The van der Waals surface area contributed by atoms with Crippen molar-refractivity contribution in [2.24, 2.45) is 0 Å². The van der Waals surface area contributed by atoms with E-state index < -0.39 is 52.6 Å². The Morgan fingerprint density at radius 1 is 1.06 bits per heavy atom. The van der Waals surface area contributed by atoms with E-state index in [1.165, 1.54) is 6.07 Å². The summed E-state index contributed by atoms with van der Waals surface area (Å²) in [6.07, 6.45) is 1.41. The van der Waals surface area contributed by atoms with Gasteiger partial charge in [0, 0.05) is 6.54 Å². The van der Waals surface area contributed by atoms with Crippen LogP contribution in [0.3, 0.4) is 0 Å². The minimum Gasteiger partial charge on any atom is -0.506 e. The van der Waals surface area contributed by atoms with Crippen LogP contribution in [0.1, 0.15) is 65.8 Å². The lowest BCUT2D eigenvalue weighted by Gasteiger charge is -2.18. The van der Waals surface area contributed by atoms with Crippen LogP contribution in [-0.2, 0) is 4.79 Å². The summed E-state index contributed by atoms with van der Waals surface area (Å²) in [4.78, 5) is 49.2. The van der Waals surface area contributed by atoms with E-state index in [0.717, 1.165) is 16.6 Å². The number of aliphatic carboxylic acids is 1. The molecule has 0 aliphatic rings. The van der Waals surface area contributed by atoms with Crippen LogP contribution in [0, 0.1) is 0 Å². The molecular weight excluding hydrogens is 418 g/mol. The molecule has 1 aromatic carbocycles. The van der Waals surface area contributed by atoms with Gasteiger partial charge < -0.3 is 26.0 Å². The predicted octanol–water partition coefficient (Wildman–Crippen LogP) is 1.72. The lowest BCUT2D eigenvalue weighted by atomic mass is 10.0. The minimum absolute atomic E-state index is 0.0834. The van der Waals surface area contributed by atoms with Crippen molar-refractivity contribution in [3.05, 3.63) is 51.3 Å². The van der Waals surface area contributed by atoms with Crippen molar-refractivity contribution in [1.29, 1.82) is 0 Å². The van der Waals surface area contributed by atoms with Crippen LogP contribution in [-0.4, -0.2) is 50.8 Å². The second-order valence-electron chi connectivity index (χ2n) is 7.50. The number of rotatable bonds is 9. The van der Waals surface area contributed by atoms with Crippen molar-refractivity contribution < 1.29 is 29.7 Å². The number of hydrogen-bond acceptors (Lipinski definition) is 6. The van der Waals surface area contributed by atoms with Crippen LogP contribution in [0.4, 0.5) is 0 Å². The van der Waals surface area contributed by atoms with E-state index in [-0.39, 0.29) is 18.2 Å². The molecule has 2 rings (SSSR count). The Hall–Kier alpha value is -3.82. The molecule has 0 aliphatic heterocycles. The molecule has 1 heterocycles. The zero-order valence-electron chi connectivity index (χ0n) is 18.1. The topological polar surface area (TPSA) is 158 Å². The molecule has 1 aromatic heterocycles. The van der Waals surface area contributed by atoms with Crippen LogP contribution in [0.2, 0.25) is 0 Å². The van der Waals surface area contributed by atoms with Crippen LogP contribution in [0.25, 0.3) is 5.69 Å². The molecule has 2 aromatic rings. The SMILES string of the molecule is CCCCNC(=O)c1c(O)c(C(=O)NCC(=O)O)c(=O)n(-c2cccc(C(C)C)c2)c1O. The fraction of sp³-hybridized carbons (Fsp3) is 0.364. The first-order chi connectivity index (χ1) is 15.1. The predicted molar refractivity (Wildman–Crippen MR) is 117 cm³/mol. The molecule has 172 valence electrons. The molecule has 0 radical (unpaired) electrons. The van der Waals surface area contributed by atoms with E-state index in [4.69, 9.17) is 5.11 Å². The average molecular weight is 445 g/mol. The first kappa shape index (κ1) is 24.4. The number of nitrogens with one attached hydrogen (secondary N) is 2. The maximum atomic E-state index is 13.1. The molecule has 0 atom stereocenters. The first-order valence-corrected chi connectivity index (χ1v) is 10.2. The molecule has 0 saturated heterocycles. The maximum absolute atomic E-state index is 13.1. The maximum Gasteiger partial charge on any atom is 0.322 e. The van der Waals surface area contributed by atoms with Crippen molar-refractivity contribution >= 4 is 17.8 Å². The molecule has 0 bridgehead atoms. The van der Waals surface area contributed by atoms with Gasteiger partial charge in [0.05, 0.1) is 5.69 Å². The lowest BCUT2D eigenvalue weighted by molar-refractivity contribution is -0.135. The summed E-state index contributed by atoms with van der Waals surface area (Å²) < 4.78 is 0.746. The third kappa shape index (κ3) is 5.26. The monoisotopic (exact) mass is 445 g/mol. The van der Waals surface area contributed by atoms with Gasteiger partial charge >= 0.3 is 5.97 Å². The summed E-state index contributed by atoms with van der Waals surface area (Å²) in [6, 6.07) is 6.58. The van der Waals surface area contributed by atoms with Gasteiger partial charge in [0.25, 0.3) is 17.4 Å². The number of hydrogen-bond donors (Lipinski definition) is 5. The van der Waals surface area contributed by atoms with Crippen molar-refractivity contribution in [3.63, 3.8) is 0 Å². The van der Waals surface area contributed by atoms with Gasteiger partial charge in [0.2, 0.25) is 5.88 Å². The number of aromatic hydroxyl groups is 2. The van der Waals surface area contributed by atoms with Crippen molar-refractivity contribution in [3.8, 4) is 17.3 Å². The quantitative estimate of drug-likeness (QED) is 0.368. The largest absolute Gasteiger partial charge is 0.506 e. The highest BCUT2D eigenvalue weighted by atomic mass is 16.4. The van der Waals surface area contributed by atoms with E-state index in [1.54, 1.807) is 12.1 Å². The Bertz CT molecular complexity index is 1090. The summed E-state index contributed by atoms with van der Waals surface area (Å²) in [5, 5.41) is 34.7.